The van der Waals surface area contributed by atoms with Crippen LogP contribution in [-0.4, -0.2) is 10.1 Å². The van der Waals surface area contributed by atoms with Crippen molar-refractivity contribution in [3.05, 3.63) is 65.0 Å². The highest BCUT2D eigenvalue weighted by Crippen LogP contribution is 2.36. The molecule has 0 fully saturated rings. The van der Waals surface area contributed by atoms with E-state index >= 15 is 0 Å². The largest absolute Gasteiger partial charge is 0.416 e. The fraction of sp³-hybridized carbons (Fsp3) is 0.267. The number of aromatic nitrogens is 1. The number of nitrogens with zero attached hydrogens (tertiary/aromatic N) is 1. The Morgan fingerprint density at radius 2 is 1.85 bits per heavy atom. The van der Waals surface area contributed by atoms with Gasteiger partial charge < -0.3 is 5.11 Å². The van der Waals surface area contributed by atoms with Gasteiger partial charge in [-0.2, -0.15) is 13.2 Å². The Labute approximate surface area is 114 Å². The van der Waals surface area contributed by atoms with Crippen LogP contribution in [0.5, 0.6) is 0 Å². The third-order valence-electron chi connectivity index (χ3n) is 3.18. The van der Waals surface area contributed by atoms with Crippen LogP contribution in [0.1, 0.15) is 35.3 Å². The average molecular weight is 281 g/mol. The molecule has 2 aromatic rings. The van der Waals surface area contributed by atoms with Gasteiger partial charge in [0, 0.05) is 18.0 Å². The van der Waals surface area contributed by atoms with Crippen LogP contribution in [0.2, 0.25) is 0 Å². The molecule has 1 N–H and O–H groups in total. The Morgan fingerprint density at radius 1 is 1.15 bits per heavy atom. The summed E-state index contributed by atoms with van der Waals surface area (Å²) in [6, 6.07) is 7.80. The number of alkyl halides is 3. The molecule has 1 heterocycles. The highest BCUT2D eigenvalue weighted by Gasteiger charge is 2.35. The number of hydrogen-bond donors (Lipinski definition) is 1. The SMILES string of the molecule is CCc1ccccc1C(O)c1cnccc1C(F)(F)F. The molecule has 0 saturated heterocycles. The number of benzene rings is 1. The molecular formula is C15H14F3NO. The predicted molar refractivity (Wildman–Crippen MR) is 69.1 cm³/mol. The normalized spacial score (nSPS) is 13.2. The number of hydrogen-bond acceptors (Lipinski definition) is 2. The van der Waals surface area contributed by atoms with Crippen LogP contribution in [0.3, 0.4) is 0 Å². The summed E-state index contributed by atoms with van der Waals surface area (Å²) in [5.74, 6) is 0. The Morgan fingerprint density at radius 3 is 2.50 bits per heavy atom. The first kappa shape index (κ1) is 14.5. The standard InChI is InChI=1S/C15H14F3NO/c1-2-10-5-3-4-6-11(10)14(20)12-9-19-8-7-13(12)15(16,17)18/h3-9,14,20H,2H2,1H3. The quantitative estimate of drug-likeness (QED) is 0.929. The van der Waals surface area contributed by atoms with E-state index in [2.05, 4.69) is 4.98 Å². The topological polar surface area (TPSA) is 33.1 Å². The van der Waals surface area contributed by atoms with Gasteiger partial charge in [-0.05, 0) is 23.6 Å². The smallest absolute Gasteiger partial charge is 0.384 e. The zero-order valence-corrected chi connectivity index (χ0v) is 10.9. The van der Waals surface area contributed by atoms with E-state index in [1.54, 1.807) is 24.3 Å². The summed E-state index contributed by atoms with van der Waals surface area (Å²) in [5.41, 5.74) is 0.220. The van der Waals surface area contributed by atoms with Crippen molar-refractivity contribution in [2.24, 2.45) is 0 Å². The summed E-state index contributed by atoms with van der Waals surface area (Å²) in [5, 5.41) is 10.3. The highest BCUT2D eigenvalue weighted by molar-refractivity contribution is 5.39. The van der Waals surface area contributed by atoms with Crippen LogP contribution in [0.15, 0.2) is 42.7 Å². The van der Waals surface area contributed by atoms with E-state index in [1.807, 2.05) is 6.92 Å². The second-order valence-electron chi connectivity index (χ2n) is 4.42. The van der Waals surface area contributed by atoms with Gasteiger partial charge in [0.15, 0.2) is 0 Å². The summed E-state index contributed by atoms with van der Waals surface area (Å²) in [7, 11) is 0. The molecule has 106 valence electrons. The van der Waals surface area contributed by atoms with E-state index < -0.39 is 17.8 Å². The number of aliphatic hydroxyl groups excluding tert-OH is 1. The van der Waals surface area contributed by atoms with Crippen molar-refractivity contribution in [3.8, 4) is 0 Å². The van der Waals surface area contributed by atoms with Gasteiger partial charge in [0.05, 0.1) is 5.56 Å². The molecule has 0 radical (unpaired) electrons. The molecule has 0 aliphatic carbocycles. The maximum Gasteiger partial charge on any atom is 0.416 e. The first-order valence-electron chi connectivity index (χ1n) is 6.22. The van der Waals surface area contributed by atoms with Gasteiger partial charge in [0.1, 0.15) is 6.10 Å². The van der Waals surface area contributed by atoms with Crippen molar-refractivity contribution >= 4 is 0 Å². The molecule has 1 unspecified atom stereocenters. The third kappa shape index (κ3) is 2.82. The molecule has 0 saturated carbocycles. The van der Waals surface area contributed by atoms with Crippen molar-refractivity contribution in [2.75, 3.05) is 0 Å². The van der Waals surface area contributed by atoms with Crippen molar-refractivity contribution in [2.45, 2.75) is 25.6 Å². The number of rotatable bonds is 3. The van der Waals surface area contributed by atoms with E-state index in [-0.39, 0.29) is 5.56 Å². The first-order chi connectivity index (χ1) is 9.45. The van der Waals surface area contributed by atoms with Crippen LogP contribution >= 0.6 is 0 Å². The lowest BCUT2D eigenvalue weighted by atomic mass is 9.94. The molecular weight excluding hydrogens is 267 g/mol. The summed E-state index contributed by atoms with van der Waals surface area (Å²) in [6.07, 6.45) is -3.07. The molecule has 2 rings (SSSR count). The second-order valence-corrected chi connectivity index (χ2v) is 4.42. The fourth-order valence-electron chi connectivity index (χ4n) is 2.17. The average Bonchev–Trinajstić information content (AvgIpc) is 2.45. The van der Waals surface area contributed by atoms with E-state index in [0.29, 0.717) is 12.0 Å². The van der Waals surface area contributed by atoms with Crippen LogP contribution < -0.4 is 0 Å². The molecule has 1 atom stereocenters. The molecule has 1 aromatic heterocycles. The third-order valence-corrected chi connectivity index (χ3v) is 3.18. The van der Waals surface area contributed by atoms with Crippen molar-refractivity contribution < 1.29 is 18.3 Å². The zero-order valence-electron chi connectivity index (χ0n) is 10.9. The van der Waals surface area contributed by atoms with Gasteiger partial charge in [-0.25, -0.2) is 0 Å². The predicted octanol–water partition coefficient (Wildman–Crippen LogP) is 3.74. The lowest BCUT2D eigenvalue weighted by Crippen LogP contribution is -2.14. The second kappa shape index (κ2) is 5.63. The zero-order chi connectivity index (χ0) is 14.8. The molecule has 1 aromatic carbocycles. The van der Waals surface area contributed by atoms with E-state index in [0.717, 1.165) is 24.0 Å². The number of aliphatic hydroxyl groups is 1. The maximum atomic E-state index is 13.0. The van der Waals surface area contributed by atoms with E-state index in [1.165, 1.54) is 0 Å². The number of aryl methyl sites for hydroxylation is 1. The minimum atomic E-state index is -4.51. The summed E-state index contributed by atoms with van der Waals surface area (Å²) >= 11 is 0. The Balaban J connectivity index is 2.52. The number of pyridine rings is 1. The van der Waals surface area contributed by atoms with E-state index in [9.17, 15) is 18.3 Å². The van der Waals surface area contributed by atoms with Crippen LogP contribution in [0.25, 0.3) is 0 Å². The highest BCUT2D eigenvalue weighted by atomic mass is 19.4. The van der Waals surface area contributed by atoms with Crippen LogP contribution in [-0.2, 0) is 12.6 Å². The molecule has 0 bridgehead atoms. The van der Waals surface area contributed by atoms with Crippen LogP contribution in [0.4, 0.5) is 13.2 Å². The van der Waals surface area contributed by atoms with Gasteiger partial charge >= 0.3 is 6.18 Å². The Kier molecular flexibility index (Phi) is 4.09. The molecule has 0 aliphatic heterocycles. The first-order valence-corrected chi connectivity index (χ1v) is 6.22. The van der Waals surface area contributed by atoms with Gasteiger partial charge in [0.25, 0.3) is 0 Å². The van der Waals surface area contributed by atoms with Gasteiger partial charge in [-0.3, -0.25) is 4.98 Å². The van der Waals surface area contributed by atoms with Gasteiger partial charge in [-0.1, -0.05) is 31.2 Å². The minimum absolute atomic E-state index is 0.221. The Hall–Kier alpha value is -1.88. The number of halogens is 3. The van der Waals surface area contributed by atoms with E-state index in [4.69, 9.17) is 0 Å². The van der Waals surface area contributed by atoms with Crippen molar-refractivity contribution in [3.63, 3.8) is 0 Å². The molecule has 5 heteroatoms. The maximum absolute atomic E-state index is 13.0. The molecule has 20 heavy (non-hydrogen) atoms. The molecule has 0 amide bonds. The van der Waals surface area contributed by atoms with Crippen molar-refractivity contribution in [1.82, 2.24) is 4.98 Å². The van der Waals surface area contributed by atoms with Crippen LogP contribution in [0, 0.1) is 0 Å². The minimum Gasteiger partial charge on any atom is -0.384 e. The van der Waals surface area contributed by atoms with Gasteiger partial charge in [-0.15, -0.1) is 0 Å². The fourth-order valence-corrected chi connectivity index (χ4v) is 2.17. The molecule has 0 spiro atoms. The van der Waals surface area contributed by atoms with Gasteiger partial charge in [0.2, 0.25) is 0 Å². The van der Waals surface area contributed by atoms with Crippen molar-refractivity contribution in [1.29, 1.82) is 0 Å². The monoisotopic (exact) mass is 281 g/mol. The molecule has 0 aliphatic rings. The Bertz CT molecular complexity index is 596. The molecule has 2 nitrogen and oxygen atoms in total. The summed E-state index contributed by atoms with van der Waals surface area (Å²) < 4.78 is 38.9. The lowest BCUT2D eigenvalue weighted by Gasteiger charge is -2.19. The lowest BCUT2D eigenvalue weighted by molar-refractivity contribution is -0.139. The summed E-state index contributed by atoms with van der Waals surface area (Å²) in [4.78, 5) is 3.70. The summed E-state index contributed by atoms with van der Waals surface area (Å²) in [6.45, 7) is 1.89.